The van der Waals surface area contributed by atoms with Crippen LogP contribution in [0.2, 0.25) is 0 Å². The van der Waals surface area contributed by atoms with Crippen molar-refractivity contribution in [1.82, 2.24) is 10.6 Å². The molecule has 1 heterocycles. The number of carbonyl (C=O) groups is 1. The smallest absolute Gasteiger partial charge is 0.398 e. The maximum atomic E-state index is 14.7. The maximum absolute atomic E-state index is 14.7. The molecule has 0 spiro atoms. The quantitative estimate of drug-likeness (QED) is 0.343. The Kier molecular flexibility index (Phi) is 6.42. The van der Waals surface area contributed by atoms with Crippen molar-refractivity contribution in [1.29, 1.82) is 0 Å². The van der Waals surface area contributed by atoms with Gasteiger partial charge in [-0.2, -0.15) is 13.2 Å². The molecule has 0 bridgehead atoms. The van der Waals surface area contributed by atoms with Crippen LogP contribution >= 0.6 is 0 Å². The highest BCUT2D eigenvalue weighted by Gasteiger charge is 2.30. The van der Waals surface area contributed by atoms with E-state index in [0.717, 1.165) is 18.2 Å². The van der Waals surface area contributed by atoms with E-state index in [9.17, 15) is 26.7 Å². The first-order valence-electron chi connectivity index (χ1n) is 10.3. The Hall–Kier alpha value is -4.40. The van der Waals surface area contributed by atoms with Crippen LogP contribution in [0, 0.1) is 11.6 Å². The van der Waals surface area contributed by atoms with Crippen molar-refractivity contribution in [2.45, 2.75) is 6.18 Å². The largest absolute Gasteiger partial charge is 0.416 e. The Balaban J connectivity index is 1.76. The molecule has 0 aliphatic carbocycles. The molecule has 3 aromatic carbocycles. The van der Waals surface area contributed by atoms with Gasteiger partial charge in [0.25, 0.3) is 5.91 Å². The molecule has 35 heavy (non-hydrogen) atoms. The second-order valence-corrected chi connectivity index (χ2v) is 7.62. The molecule has 0 unspecified atom stereocenters. The Morgan fingerprint density at radius 2 is 1.57 bits per heavy atom. The minimum atomic E-state index is -4.50. The van der Waals surface area contributed by atoms with Crippen molar-refractivity contribution in [2.24, 2.45) is 5.73 Å². The van der Waals surface area contributed by atoms with Crippen LogP contribution in [-0.4, -0.2) is 5.91 Å². The van der Waals surface area contributed by atoms with E-state index in [2.05, 4.69) is 10.6 Å². The van der Waals surface area contributed by atoms with Gasteiger partial charge in [-0.05, 0) is 41.5 Å². The maximum Gasteiger partial charge on any atom is 0.416 e. The Morgan fingerprint density at radius 3 is 2.20 bits per heavy atom. The highest BCUT2D eigenvalue weighted by Crippen LogP contribution is 2.31. The molecule has 0 atom stereocenters. The predicted octanol–water partition coefficient (Wildman–Crippen LogP) is 5.41. The van der Waals surface area contributed by atoms with E-state index in [1.807, 2.05) is 0 Å². The van der Waals surface area contributed by atoms with E-state index in [-0.39, 0.29) is 28.4 Å². The molecule has 178 valence electrons. The molecule has 4 nitrogen and oxygen atoms in total. The highest BCUT2D eigenvalue weighted by atomic mass is 19.4. The van der Waals surface area contributed by atoms with Gasteiger partial charge >= 0.3 is 6.18 Å². The van der Waals surface area contributed by atoms with Gasteiger partial charge in [0.15, 0.2) is 0 Å². The molecule has 3 aromatic rings. The van der Waals surface area contributed by atoms with Gasteiger partial charge in [-0.3, -0.25) is 4.79 Å². The second-order valence-electron chi connectivity index (χ2n) is 7.62. The van der Waals surface area contributed by atoms with Crippen molar-refractivity contribution >= 4 is 22.9 Å². The molecule has 0 aromatic heterocycles. The molecule has 0 fully saturated rings. The van der Waals surface area contributed by atoms with Crippen LogP contribution in [0.4, 0.5) is 22.0 Å². The standard InChI is InChI=1S/C26H18F5N3O/c27-18-10-11-19(21(28)12-18)20(25(32)16-4-2-1-3-5-16)13-23-33-22(14-24(35)34-23)15-6-8-17(9-7-15)26(29,30)31/h1-14,33H,32H2,(H,34,35)/b23-13-,25-20+. The van der Waals surface area contributed by atoms with Gasteiger partial charge in [-0.25, -0.2) is 8.78 Å². The first-order chi connectivity index (χ1) is 16.6. The first-order valence-corrected chi connectivity index (χ1v) is 10.3. The van der Waals surface area contributed by atoms with Gasteiger partial charge in [0.2, 0.25) is 0 Å². The third kappa shape index (κ3) is 5.40. The van der Waals surface area contributed by atoms with E-state index in [0.29, 0.717) is 17.2 Å². The Labute approximate surface area is 197 Å². The lowest BCUT2D eigenvalue weighted by atomic mass is 9.98. The lowest BCUT2D eigenvalue weighted by Gasteiger charge is -2.21. The van der Waals surface area contributed by atoms with Crippen LogP contribution in [0.3, 0.4) is 0 Å². The molecule has 4 rings (SSSR count). The Morgan fingerprint density at radius 1 is 0.886 bits per heavy atom. The summed E-state index contributed by atoms with van der Waals surface area (Å²) in [6, 6.07) is 15.9. The zero-order valence-corrected chi connectivity index (χ0v) is 18.0. The lowest BCUT2D eigenvalue weighted by molar-refractivity contribution is -0.137. The summed E-state index contributed by atoms with van der Waals surface area (Å²) >= 11 is 0. The van der Waals surface area contributed by atoms with E-state index in [1.165, 1.54) is 30.4 Å². The Bertz CT molecular complexity index is 1360. The zero-order valence-electron chi connectivity index (χ0n) is 18.0. The average Bonchev–Trinajstić information content (AvgIpc) is 2.82. The number of amides is 1. The van der Waals surface area contributed by atoms with Gasteiger partial charge in [-0.15, -0.1) is 0 Å². The number of nitrogens with two attached hydrogens (primary N) is 1. The van der Waals surface area contributed by atoms with Gasteiger partial charge in [0.1, 0.15) is 17.5 Å². The van der Waals surface area contributed by atoms with E-state index >= 15 is 0 Å². The van der Waals surface area contributed by atoms with Crippen LogP contribution in [-0.2, 0) is 11.0 Å². The summed E-state index contributed by atoms with van der Waals surface area (Å²) in [4.78, 5) is 12.3. The molecule has 1 amide bonds. The number of rotatable bonds is 4. The number of benzene rings is 3. The highest BCUT2D eigenvalue weighted by molar-refractivity contribution is 6.00. The monoisotopic (exact) mass is 483 g/mol. The van der Waals surface area contributed by atoms with E-state index < -0.39 is 29.3 Å². The average molecular weight is 483 g/mol. The summed E-state index contributed by atoms with van der Waals surface area (Å²) in [6.07, 6.45) is -1.93. The van der Waals surface area contributed by atoms with Crippen molar-refractivity contribution in [3.8, 4) is 0 Å². The number of hydrogen-bond donors (Lipinski definition) is 3. The number of hydrogen-bond acceptors (Lipinski definition) is 3. The molecule has 1 aliphatic rings. The fraction of sp³-hybridized carbons (Fsp3) is 0.0385. The predicted molar refractivity (Wildman–Crippen MR) is 123 cm³/mol. The van der Waals surface area contributed by atoms with Gasteiger partial charge in [-0.1, -0.05) is 42.5 Å². The summed E-state index contributed by atoms with van der Waals surface area (Å²) in [5.74, 6) is -2.09. The summed E-state index contributed by atoms with van der Waals surface area (Å²) in [5, 5.41) is 5.48. The molecule has 9 heteroatoms. The summed E-state index contributed by atoms with van der Waals surface area (Å²) in [7, 11) is 0. The van der Waals surface area contributed by atoms with Crippen LogP contribution in [0.25, 0.3) is 17.0 Å². The topological polar surface area (TPSA) is 67.1 Å². The molecule has 4 N–H and O–H groups in total. The van der Waals surface area contributed by atoms with Crippen molar-refractivity contribution in [3.05, 3.63) is 125 Å². The second kappa shape index (κ2) is 9.46. The van der Waals surface area contributed by atoms with Crippen LogP contribution in [0.5, 0.6) is 0 Å². The zero-order chi connectivity index (χ0) is 25.2. The fourth-order valence-electron chi connectivity index (χ4n) is 3.50. The molecular weight excluding hydrogens is 465 g/mol. The van der Waals surface area contributed by atoms with Crippen molar-refractivity contribution < 1.29 is 26.7 Å². The third-order valence-electron chi connectivity index (χ3n) is 5.21. The number of carbonyl (C=O) groups excluding carboxylic acids is 1. The van der Waals surface area contributed by atoms with Crippen molar-refractivity contribution in [2.75, 3.05) is 0 Å². The van der Waals surface area contributed by atoms with Crippen molar-refractivity contribution in [3.63, 3.8) is 0 Å². The van der Waals surface area contributed by atoms with E-state index in [4.69, 9.17) is 5.73 Å². The molecular formula is C26H18F5N3O. The molecule has 0 saturated heterocycles. The van der Waals surface area contributed by atoms with Crippen LogP contribution in [0.1, 0.15) is 22.3 Å². The third-order valence-corrected chi connectivity index (χ3v) is 5.21. The summed E-state index contributed by atoms with van der Waals surface area (Å²) < 4.78 is 66.9. The first kappa shape index (κ1) is 23.7. The van der Waals surface area contributed by atoms with Gasteiger partial charge < -0.3 is 16.4 Å². The molecule has 0 saturated carbocycles. The van der Waals surface area contributed by atoms with Gasteiger partial charge in [0.05, 0.1) is 11.3 Å². The minimum absolute atomic E-state index is 0.0121. The summed E-state index contributed by atoms with van der Waals surface area (Å²) in [5.41, 5.74) is 6.93. The number of halogens is 5. The number of nitrogens with one attached hydrogen (secondary N) is 2. The van der Waals surface area contributed by atoms with Crippen LogP contribution in [0.15, 0.2) is 90.8 Å². The number of alkyl halides is 3. The van der Waals surface area contributed by atoms with Crippen LogP contribution < -0.4 is 16.4 Å². The normalized spacial score (nSPS) is 15.7. The van der Waals surface area contributed by atoms with E-state index in [1.54, 1.807) is 30.3 Å². The fourth-order valence-corrected chi connectivity index (χ4v) is 3.50. The minimum Gasteiger partial charge on any atom is -0.398 e. The summed E-state index contributed by atoms with van der Waals surface area (Å²) in [6.45, 7) is 0. The SMILES string of the molecule is N/C(=C(\C=C1/NC(=O)C=C(c2ccc(C(F)(F)F)cc2)N1)c1ccc(F)cc1F)c1ccccc1. The molecule has 1 aliphatic heterocycles. The van der Waals surface area contributed by atoms with Gasteiger partial charge in [0, 0.05) is 29.0 Å². The molecule has 0 radical (unpaired) electrons. The number of allylic oxidation sites excluding steroid dienone is 2. The lowest BCUT2D eigenvalue weighted by Crippen LogP contribution is -2.35.